The van der Waals surface area contributed by atoms with E-state index in [0.29, 0.717) is 0 Å². The molecule has 0 spiro atoms. The summed E-state index contributed by atoms with van der Waals surface area (Å²) < 4.78 is 0. The zero-order valence-electron chi connectivity index (χ0n) is 8.63. The first-order valence-corrected chi connectivity index (χ1v) is 4.99. The molecular weight excluding hydrogens is 204 g/mol. The molecule has 16 heavy (non-hydrogen) atoms. The molecule has 3 N–H and O–H groups in total. The van der Waals surface area contributed by atoms with E-state index in [0.717, 1.165) is 16.5 Å². The number of hydrogen-bond donors (Lipinski definition) is 2. The van der Waals surface area contributed by atoms with Crippen LogP contribution in [0.3, 0.4) is 0 Å². The molecule has 2 rings (SSSR count). The number of benzene rings is 1. The van der Waals surface area contributed by atoms with E-state index < -0.39 is 12.0 Å². The van der Waals surface area contributed by atoms with Gasteiger partial charge in [0.05, 0.1) is 11.9 Å². The molecule has 0 amide bonds. The number of aliphatic carboxylic acids is 1. The standard InChI is InChI=1S/C12H12N2O2/c13-10(7-11(15)16)9-5-1-3-8-4-2-6-14-12(8)9/h1-6,10H,7,13H2,(H,15,16)/t10-/m0/s1. The zero-order chi connectivity index (χ0) is 11.5. The van der Waals surface area contributed by atoms with Gasteiger partial charge in [-0.15, -0.1) is 0 Å². The van der Waals surface area contributed by atoms with E-state index in [-0.39, 0.29) is 6.42 Å². The van der Waals surface area contributed by atoms with Gasteiger partial charge in [-0.1, -0.05) is 24.3 Å². The molecule has 4 nitrogen and oxygen atoms in total. The van der Waals surface area contributed by atoms with Gasteiger partial charge in [0.1, 0.15) is 0 Å². The Balaban J connectivity index is 2.47. The molecule has 1 aromatic heterocycles. The lowest BCUT2D eigenvalue weighted by molar-refractivity contribution is -0.137. The Kier molecular flexibility index (Phi) is 2.83. The average molecular weight is 216 g/mol. The highest BCUT2D eigenvalue weighted by Gasteiger charge is 2.13. The van der Waals surface area contributed by atoms with Crippen LogP contribution in [0.5, 0.6) is 0 Å². The van der Waals surface area contributed by atoms with Crippen molar-refractivity contribution in [3.05, 3.63) is 42.1 Å². The van der Waals surface area contributed by atoms with Gasteiger partial charge >= 0.3 is 5.97 Å². The van der Waals surface area contributed by atoms with Crippen molar-refractivity contribution in [3.8, 4) is 0 Å². The highest BCUT2D eigenvalue weighted by molar-refractivity contribution is 5.82. The van der Waals surface area contributed by atoms with Crippen LogP contribution in [0.25, 0.3) is 10.9 Å². The third-order valence-corrected chi connectivity index (χ3v) is 2.46. The maximum Gasteiger partial charge on any atom is 0.305 e. The van der Waals surface area contributed by atoms with Gasteiger partial charge in [0.2, 0.25) is 0 Å². The van der Waals surface area contributed by atoms with E-state index >= 15 is 0 Å². The van der Waals surface area contributed by atoms with Crippen LogP contribution in [-0.4, -0.2) is 16.1 Å². The Morgan fingerprint density at radius 2 is 2.12 bits per heavy atom. The Morgan fingerprint density at radius 3 is 2.88 bits per heavy atom. The maximum atomic E-state index is 10.6. The molecule has 2 aromatic rings. The molecule has 4 heteroatoms. The summed E-state index contributed by atoms with van der Waals surface area (Å²) in [5, 5.41) is 9.69. The Morgan fingerprint density at radius 1 is 1.38 bits per heavy atom. The molecule has 0 aliphatic heterocycles. The van der Waals surface area contributed by atoms with E-state index in [2.05, 4.69) is 4.98 Å². The van der Waals surface area contributed by atoms with Crippen LogP contribution in [0.4, 0.5) is 0 Å². The van der Waals surface area contributed by atoms with E-state index in [4.69, 9.17) is 10.8 Å². The van der Waals surface area contributed by atoms with Gasteiger partial charge in [0, 0.05) is 17.6 Å². The second-order valence-corrected chi connectivity index (χ2v) is 3.63. The molecule has 82 valence electrons. The largest absolute Gasteiger partial charge is 0.481 e. The van der Waals surface area contributed by atoms with E-state index in [9.17, 15) is 4.79 Å². The number of fused-ring (bicyclic) bond motifs is 1. The van der Waals surface area contributed by atoms with Crippen molar-refractivity contribution < 1.29 is 9.90 Å². The second-order valence-electron chi connectivity index (χ2n) is 3.63. The van der Waals surface area contributed by atoms with Crippen LogP contribution < -0.4 is 5.73 Å². The Hall–Kier alpha value is -1.94. The average Bonchev–Trinajstić information content (AvgIpc) is 2.27. The van der Waals surface area contributed by atoms with Gasteiger partial charge in [-0.25, -0.2) is 0 Å². The minimum absolute atomic E-state index is 0.0876. The molecule has 0 fully saturated rings. The van der Waals surface area contributed by atoms with Gasteiger partial charge in [-0.2, -0.15) is 0 Å². The van der Waals surface area contributed by atoms with Gasteiger partial charge in [0.25, 0.3) is 0 Å². The number of para-hydroxylation sites is 1. The topological polar surface area (TPSA) is 76.2 Å². The van der Waals surface area contributed by atoms with Crippen LogP contribution in [0, 0.1) is 0 Å². The van der Waals surface area contributed by atoms with Crippen molar-refractivity contribution in [1.29, 1.82) is 0 Å². The predicted octanol–water partition coefficient (Wildman–Crippen LogP) is 1.71. The summed E-state index contributed by atoms with van der Waals surface area (Å²) in [5.41, 5.74) is 7.40. The van der Waals surface area contributed by atoms with Crippen molar-refractivity contribution >= 4 is 16.9 Å². The minimum atomic E-state index is -0.902. The number of rotatable bonds is 3. The third kappa shape index (κ3) is 2.01. The molecule has 0 bridgehead atoms. The SMILES string of the molecule is N[C@@H](CC(=O)O)c1cccc2cccnc12. The van der Waals surface area contributed by atoms with Crippen LogP contribution in [0.2, 0.25) is 0 Å². The summed E-state index contributed by atoms with van der Waals surface area (Å²) in [6, 6.07) is 8.87. The molecule has 0 aliphatic carbocycles. The molecule has 0 saturated heterocycles. The summed E-state index contributed by atoms with van der Waals surface area (Å²) in [4.78, 5) is 14.9. The van der Waals surface area contributed by atoms with Crippen LogP contribution in [0.1, 0.15) is 18.0 Å². The lowest BCUT2D eigenvalue weighted by Gasteiger charge is -2.11. The highest BCUT2D eigenvalue weighted by Crippen LogP contribution is 2.22. The molecule has 0 radical (unpaired) electrons. The fourth-order valence-electron chi connectivity index (χ4n) is 1.73. The predicted molar refractivity (Wildman–Crippen MR) is 60.9 cm³/mol. The molecule has 0 unspecified atom stereocenters. The number of carboxylic acids is 1. The normalized spacial score (nSPS) is 12.6. The number of nitrogens with two attached hydrogens (primary N) is 1. The lowest BCUT2D eigenvalue weighted by Crippen LogP contribution is -2.15. The van der Waals surface area contributed by atoms with Crippen molar-refractivity contribution in [1.82, 2.24) is 4.98 Å². The summed E-state index contributed by atoms with van der Waals surface area (Å²) in [6.45, 7) is 0. The number of nitrogens with zero attached hydrogens (tertiary/aromatic N) is 1. The summed E-state index contributed by atoms with van der Waals surface area (Å²) in [5.74, 6) is -0.902. The van der Waals surface area contributed by atoms with Gasteiger partial charge < -0.3 is 10.8 Å². The van der Waals surface area contributed by atoms with Gasteiger partial charge in [-0.3, -0.25) is 9.78 Å². The molecule has 1 heterocycles. The van der Waals surface area contributed by atoms with Crippen molar-refractivity contribution in [2.45, 2.75) is 12.5 Å². The number of hydrogen-bond acceptors (Lipinski definition) is 3. The van der Waals surface area contributed by atoms with Crippen LogP contribution >= 0.6 is 0 Å². The van der Waals surface area contributed by atoms with E-state index in [1.54, 1.807) is 6.20 Å². The van der Waals surface area contributed by atoms with Crippen LogP contribution in [0.15, 0.2) is 36.5 Å². The van der Waals surface area contributed by atoms with Crippen molar-refractivity contribution in [2.24, 2.45) is 5.73 Å². The van der Waals surface area contributed by atoms with Crippen molar-refractivity contribution in [3.63, 3.8) is 0 Å². The summed E-state index contributed by atoms with van der Waals surface area (Å²) in [7, 11) is 0. The highest BCUT2D eigenvalue weighted by atomic mass is 16.4. The first kappa shape index (κ1) is 10.6. The first-order valence-electron chi connectivity index (χ1n) is 4.99. The Bertz CT molecular complexity index is 520. The third-order valence-electron chi connectivity index (χ3n) is 2.46. The first-order chi connectivity index (χ1) is 7.68. The van der Waals surface area contributed by atoms with Gasteiger partial charge in [0.15, 0.2) is 0 Å². The molecule has 0 aliphatic rings. The minimum Gasteiger partial charge on any atom is -0.481 e. The Labute approximate surface area is 92.7 Å². The lowest BCUT2D eigenvalue weighted by atomic mass is 10.0. The summed E-state index contributed by atoms with van der Waals surface area (Å²) >= 11 is 0. The number of carboxylic acid groups (broad SMARTS) is 1. The number of aromatic nitrogens is 1. The second kappa shape index (κ2) is 4.28. The van der Waals surface area contributed by atoms with E-state index in [1.165, 1.54) is 0 Å². The summed E-state index contributed by atoms with van der Waals surface area (Å²) in [6.07, 6.45) is 1.59. The van der Waals surface area contributed by atoms with Crippen LogP contribution in [-0.2, 0) is 4.79 Å². The molecule has 1 atom stereocenters. The monoisotopic (exact) mass is 216 g/mol. The van der Waals surface area contributed by atoms with E-state index in [1.807, 2.05) is 30.3 Å². The number of pyridine rings is 1. The molecule has 1 aromatic carbocycles. The molecule has 0 saturated carbocycles. The fourth-order valence-corrected chi connectivity index (χ4v) is 1.73. The number of carbonyl (C=O) groups is 1. The van der Waals surface area contributed by atoms with Gasteiger partial charge in [-0.05, 0) is 11.6 Å². The molecular formula is C12H12N2O2. The maximum absolute atomic E-state index is 10.6. The smallest absolute Gasteiger partial charge is 0.305 e. The zero-order valence-corrected chi connectivity index (χ0v) is 8.63. The van der Waals surface area contributed by atoms with Crippen molar-refractivity contribution in [2.75, 3.05) is 0 Å². The fraction of sp³-hybridized carbons (Fsp3) is 0.167. The quantitative estimate of drug-likeness (QED) is 0.818.